The smallest absolute Gasteiger partial charge is 0.326 e. The van der Waals surface area contributed by atoms with Crippen LogP contribution in [0.1, 0.15) is 39.0 Å². The van der Waals surface area contributed by atoms with Crippen molar-refractivity contribution in [1.82, 2.24) is 21.3 Å². The second-order valence-electron chi connectivity index (χ2n) is 7.41. The van der Waals surface area contributed by atoms with Crippen LogP contribution in [0.5, 0.6) is 0 Å². The number of rotatable bonds is 17. The Hall–Kier alpha value is -3.07. The molecule has 0 aliphatic rings. The number of aliphatic carboxylic acids is 1. The summed E-state index contributed by atoms with van der Waals surface area (Å²) in [5.74, 6) is -3.77. The molecule has 0 fully saturated rings. The molecule has 14 nitrogen and oxygen atoms in total. The van der Waals surface area contributed by atoms with Gasteiger partial charge in [0, 0.05) is 19.2 Å². The van der Waals surface area contributed by atoms with Crippen LogP contribution in [0.15, 0.2) is 4.99 Å². The first-order valence-electron chi connectivity index (χ1n) is 10.7. The van der Waals surface area contributed by atoms with Crippen molar-refractivity contribution in [3.05, 3.63) is 0 Å². The minimum atomic E-state index is -1.21. The summed E-state index contributed by atoms with van der Waals surface area (Å²) in [7, 11) is 0. The molecule has 0 aliphatic heterocycles. The molecule has 0 rings (SSSR count). The summed E-state index contributed by atoms with van der Waals surface area (Å²) in [6, 6.07) is -3.17. The van der Waals surface area contributed by atoms with Crippen molar-refractivity contribution in [2.75, 3.05) is 25.4 Å². The lowest BCUT2D eigenvalue weighted by Gasteiger charge is -2.22. The zero-order valence-electron chi connectivity index (χ0n) is 19.2. The SMILES string of the molecule is CC(=O)N[C@@H](CS)C(=O)NCC(=O)N[C@@H](CCCN=C(N)N)C(=O)N[C@@H](CCCCN)C(=O)O. The van der Waals surface area contributed by atoms with Crippen molar-refractivity contribution in [2.45, 2.75) is 57.2 Å². The van der Waals surface area contributed by atoms with E-state index in [1.54, 1.807) is 0 Å². The molecule has 0 bridgehead atoms. The number of nitrogens with one attached hydrogen (secondary N) is 4. The number of nitrogens with two attached hydrogens (primary N) is 3. The van der Waals surface area contributed by atoms with Gasteiger partial charge in [0.2, 0.25) is 23.6 Å². The molecule has 34 heavy (non-hydrogen) atoms. The number of carboxylic acids is 1. The molecule has 194 valence electrons. The van der Waals surface area contributed by atoms with Crippen molar-refractivity contribution in [1.29, 1.82) is 0 Å². The van der Waals surface area contributed by atoms with E-state index in [0.717, 1.165) is 0 Å². The summed E-state index contributed by atoms with van der Waals surface area (Å²) in [6.07, 6.45) is 1.71. The monoisotopic (exact) mass is 504 g/mol. The van der Waals surface area contributed by atoms with Gasteiger partial charge >= 0.3 is 5.97 Å². The van der Waals surface area contributed by atoms with Gasteiger partial charge in [-0.3, -0.25) is 24.2 Å². The van der Waals surface area contributed by atoms with Crippen LogP contribution in [0, 0.1) is 0 Å². The fourth-order valence-corrected chi connectivity index (χ4v) is 3.03. The largest absolute Gasteiger partial charge is 0.480 e. The minimum absolute atomic E-state index is 0.0174. The van der Waals surface area contributed by atoms with E-state index in [0.29, 0.717) is 25.8 Å². The van der Waals surface area contributed by atoms with Crippen LogP contribution in [0.2, 0.25) is 0 Å². The van der Waals surface area contributed by atoms with Crippen LogP contribution >= 0.6 is 12.6 Å². The maximum atomic E-state index is 12.7. The molecule has 0 heterocycles. The molecule has 0 aromatic heterocycles. The molecule has 0 radical (unpaired) electrons. The quantitative estimate of drug-likeness (QED) is 0.0418. The van der Waals surface area contributed by atoms with Crippen molar-refractivity contribution in [2.24, 2.45) is 22.2 Å². The maximum absolute atomic E-state index is 12.7. The zero-order valence-corrected chi connectivity index (χ0v) is 20.1. The second-order valence-corrected chi connectivity index (χ2v) is 7.77. The van der Waals surface area contributed by atoms with E-state index >= 15 is 0 Å². The molecular weight excluding hydrogens is 468 g/mol. The zero-order chi connectivity index (χ0) is 26.1. The van der Waals surface area contributed by atoms with Crippen molar-refractivity contribution < 1.29 is 29.1 Å². The normalized spacial score (nSPS) is 13.0. The fourth-order valence-electron chi connectivity index (χ4n) is 2.77. The Kier molecular flexibility index (Phi) is 15.8. The Morgan fingerprint density at radius 3 is 2.09 bits per heavy atom. The summed E-state index contributed by atoms with van der Waals surface area (Å²) in [5.41, 5.74) is 16.0. The molecule has 0 unspecified atom stereocenters. The van der Waals surface area contributed by atoms with Crippen LogP contribution in [0.3, 0.4) is 0 Å². The molecular formula is C19H36N8O6S. The molecule has 0 spiro atoms. The molecule has 3 atom stereocenters. The molecule has 11 N–H and O–H groups in total. The highest BCUT2D eigenvalue weighted by Crippen LogP contribution is 2.04. The van der Waals surface area contributed by atoms with E-state index in [1.807, 2.05) is 0 Å². The Bertz CT molecular complexity index is 732. The van der Waals surface area contributed by atoms with Gasteiger partial charge in [-0.2, -0.15) is 12.6 Å². The molecule has 0 aromatic rings. The number of nitrogens with zero attached hydrogens (tertiary/aromatic N) is 1. The third kappa shape index (κ3) is 14.2. The topological polar surface area (TPSA) is 244 Å². The van der Waals surface area contributed by atoms with Gasteiger partial charge in [0.15, 0.2) is 5.96 Å². The summed E-state index contributed by atoms with van der Waals surface area (Å²) >= 11 is 3.98. The van der Waals surface area contributed by atoms with Gasteiger partial charge < -0.3 is 43.6 Å². The Labute approximate surface area is 203 Å². The molecule has 0 saturated carbocycles. The Balaban J connectivity index is 5.11. The molecule has 0 aromatic carbocycles. The lowest BCUT2D eigenvalue weighted by atomic mass is 10.1. The average molecular weight is 505 g/mol. The summed E-state index contributed by atoms with van der Waals surface area (Å²) in [4.78, 5) is 63.6. The van der Waals surface area contributed by atoms with Gasteiger partial charge in [0.25, 0.3) is 0 Å². The number of thiol groups is 1. The average Bonchev–Trinajstić information content (AvgIpc) is 2.76. The number of amides is 4. The molecule has 4 amide bonds. The number of carboxylic acid groups (broad SMARTS) is 1. The minimum Gasteiger partial charge on any atom is -0.480 e. The molecule has 15 heteroatoms. The summed E-state index contributed by atoms with van der Waals surface area (Å²) < 4.78 is 0. The summed E-state index contributed by atoms with van der Waals surface area (Å²) in [5, 5.41) is 19.0. The number of carbonyl (C=O) groups is 5. The van der Waals surface area contributed by atoms with Crippen molar-refractivity contribution in [3.8, 4) is 0 Å². The highest BCUT2D eigenvalue weighted by atomic mass is 32.1. The van der Waals surface area contributed by atoms with Crippen LogP contribution in [-0.2, 0) is 24.0 Å². The van der Waals surface area contributed by atoms with Crippen LogP contribution < -0.4 is 38.5 Å². The molecule has 0 saturated heterocycles. The Morgan fingerprint density at radius 2 is 1.56 bits per heavy atom. The van der Waals surface area contributed by atoms with Gasteiger partial charge in [-0.25, -0.2) is 4.79 Å². The van der Waals surface area contributed by atoms with Gasteiger partial charge in [0.1, 0.15) is 18.1 Å². The highest BCUT2D eigenvalue weighted by molar-refractivity contribution is 7.80. The predicted octanol–water partition coefficient (Wildman–Crippen LogP) is -3.23. The standard InChI is InChI=1S/C19H36N8O6S/c1-11(28)25-14(10-34)16(30)24-9-15(29)26-12(6-4-8-23-19(21)22)17(31)27-13(18(32)33)5-2-3-7-20/h12-14,34H,2-10,20H2,1H3,(H,24,30)(H,25,28)(H,26,29)(H,27,31)(H,32,33)(H4,21,22,23)/t12-,13-,14-/m0/s1. The number of guanidine groups is 1. The maximum Gasteiger partial charge on any atom is 0.326 e. The molecule has 0 aliphatic carbocycles. The van der Waals surface area contributed by atoms with E-state index in [2.05, 4.69) is 38.9 Å². The number of unbranched alkanes of at least 4 members (excludes halogenated alkanes) is 1. The first-order chi connectivity index (χ1) is 16.0. The predicted molar refractivity (Wildman–Crippen MR) is 129 cm³/mol. The van der Waals surface area contributed by atoms with E-state index in [1.165, 1.54) is 6.92 Å². The van der Waals surface area contributed by atoms with Crippen molar-refractivity contribution >= 4 is 48.2 Å². The lowest BCUT2D eigenvalue weighted by molar-refractivity contribution is -0.142. The number of hydrogen-bond acceptors (Lipinski definition) is 8. The van der Waals surface area contributed by atoms with E-state index in [4.69, 9.17) is 17.2 Å². The van der Waals surface area contributed by atoms with Gasteiger partial charge in [-0.05, 0) is 38.6 Å². The number of carbonyl (C=O) groups excluding carboxylic acids is 4. The number of hydrogen-bond donors (Lipinski definition) is 9. The van der Waals surface area contributed by atoms with Gasteiger partial charge in [0.05, 0.1) is 6.54 Å². The summed E-state index contributed by atoms with van der Waals surface area (Å²) in [6.45, 7) is 1.35. The Morgan fingerprint density at radius 1 is 0.912 bits per heavy atom. The van der Waals surface area contributed by atoms with E-state index in [-0.39, 0.29) is 31.1 Å². The first kappa shape index (κ1) is 30.9. The number of aliphatic imine (C=N–C) groups is 1. The van der Waals surface area contributed by atoms with Crippen LogP contribution in [0.25, 0.3) is 0 Å². The first-order valence-corrected chi connectivity index (χ1v) is 11.4. The second kappa shape index (κ2) is 17.4. The van der Waals surface area contributed by atoms with E-state index < -0.39 is 54.3 Å². The highest BCUT2D eigenvalue weighted by Gasteiger charge is 2.26. The van der Waals surface area contributed by atoms with E-state index in [9.17, 15) is 29.1 Å². The van der Waals surface area contributed by atoms with Crippen LogP contribution in [-0.4, -0.2) is 84.2 Å². The van der Waals surface area contributed by atoms with Gasteiger partial charge in [-0.1, -0.05) is 0 Å². The fraction of sp³-hybridized carbons (Fsp3) is 0.684. The van der Waals surface area contributed by atoms with Crippen molar-refractivity contribution in [3.63, 3.8) is 0 Å². The third-order valence-electron chi connectivity index (χ3n) is 4.46. The third-order valence-corrected chi connectivity index (χ3v) is 4.82. The van der Waals surface area contributed by atoms with Crippen LogP contribution in [0.4, 0.5) is 0 Å². The van der Waals surface area contributed by atoms with Gasteiger partial charge in [-0.15, -0.1) is 0 Å². The lowest BCUT2D eigenvalue weighted by Crippen LogP contribution is -2.54.